The van der Waals surface area contributed by atoms with E-state index in [1.165, 1.54) is 0 Å². The third kappa shape index (κ3) is 4.20. The van der Waals surface area contributed by atoms with Gasteiger partial charge in [-0.1, -0.05) is 24.3 Å². The van der Waals surface area contributed by atoms with Crippen molar-refractivity contribution < 1.29 is 17.9 Å². The van der Waals surface area contributed by atoms with Crippen LogP contribution in [0.25, 0.3) is 0 Å². The molecule has 1 atom stereocenters. The Labute approximate surface area is 148 Å². The van der Waals surface area contributed by atoms with Crippen LogP contribution >= 0.6 is 0 Å². The van der Waals surface area contributed by atoms with Gasteiger partial charge in [0.05, 0.1) is 11.5 Å². The predicted octanol–water partition coefficient (Wildman–Crippen LogP) is 3.13. The van der Waals surface area contributed by atoms with Gasteiger partial charge < -0.3 is 9.64 Å². The number of hydrogen-bond donors (Lipinski definition) is 0. The molecule has 0 spiro atoms. The first-order valence-corrected chi connectivity index (χ1v) is 10.1. The Morgan fingerprint density at radius 2 is 1.84 bits per heavy atom. The molecule has 1 aliphatic rings. The van der Waals surface area contributed by atoms with E-state index in [-0.39, 0.29) is 23.5 Å². The third-order valence-corrected chi connectivity index (χ3v) is 6.06. The molecule has 132 valence electrons. The molecule has 0 bridgehead atoms. The third-order valence-electron chi connectivity index (χ3n) is 4.31. The smallest absolute Gasteiger partial charge is 0.254 e. The van der Waals surface area contributed by atoms with E-state index >= 15 is 0 Å². The van der Waals surface area contributed by atoms with Gasteiger partial charge in [0.1, 0.15) is 11.5 Å². The largest absolute Gasteiger partial charge is 0.457 e. The van der Waals surface area contributed by atoms with Crippen molar-refractivity contribution in [1.29, 1.82) is 0 Å². The van der Waals surface area contributed by atoms with E-state index in [0.717, 1.165) is 0 Å². The summed E-state index contributed by atoms with van der Waals surface area (Å²) in [6, 6.07) is 16.1. The maximum Gasteiger partial charge on any atom is 0.254 e. The van der Waals surface area contributed by atoms with Crippen LogP contribution < -0.4 is 4.74 Å². The van der Waals surface area contributed by atoms with Crippen LogP contribution in [-0.2, 0) is 9.84 Å². The summed E-state index contributed by atoms with van der Waals surface area (Å²) >= 11 is 0. The van der Waals surface area contributed by atoms with E-state index in [4.69, 9.17) is 4.74 Å². The fourth-order valence-corrected chi connectivity index (χ4v) is 4.80. The summed E-state index contributed by atoms with van der Waals surface area (Å²) in [5.41, 5.74) is 0.500. The average molecular weight is 359 g/mol. The van der Waals surface area contributed by atoms with Crippen LogP contribution in [0.3, 0.4) is 0 Å². The van der Waals surface area contributed by atoms with Crippen molar-refractivity contribution in [3.05, 3.63) is 60.2 Å². The lowest BCUT2D eigenvalue weighted by molar-refractivity contribution is 0.0708. The highest BCUT2D eigenvalue weighted by Gasteiger charge is 2.34. The number of hydrogen-bond acceptors (Lipinski definition) is 4. The average Bonchev–Trinajstić information content (AvgIpc) is 2.96. The number of para-hydroxylation sites is 1. The normalized spacial score (nSPS) is 18.7. The molecule has 2 aromatic carbocycles. The Balaban J connectivity index is 1.78. The Morgan fingerprint density at radius 3 is 2.48 bits per heavy atom. The Hall–Kier alpha value is -2.34. The van der Waals surface area contributed by atoms with Crippen LogP contribution in [0.1, 0.15) is 23.7 Å². The molecule has 6 heteroatoms. The molecular weight excluding hydrogens is 338 g/mol. The van der Waals surface area contributed by atoms with Crippen LogP contribution in [0.4, 0.5) is 0 Å². The molecule has 2 aromatic rings. The van der Waals surface area contributed by atoms with E-state index in [0.29, 0.717) is 30.0 Å². The van der Waals surface area contributed by atoms with Gasteiger partial charge in [-0.15, -0.1) is 0 Å². The number of carbonyl (C=O) groups excluding carboxylic acids is 1. The number of benzene rings is 2. The summed E-state index contributed by atoms with van der Waals surface area (Å²) in [6.45, 7) is 2.34. The summed E-state index contributed by atoms with van der Waals surface area (Å²) in [6.07, 6.45) is 0.502. The fraction of sp³-hybridized carbons (Fsp3) is 0.316. The molecule has 1 heterocycles. The predicted molar refractivity (Wildman–Crippen MR) is 96.7 cm³/mol. The maximum absolute atomic E-state index is 12.9. The Kier molecular flexibility index (Phi) is 5.08. The second-order valence-corrected chi connectivity index (χ2v) is 8.32. The molecule has 1 fully saturated rings. The van der Waals surface area contributed by atoms with Gasteiger partial charge in [-0.2, -0.15) is 0 Å². The van der Waals surface area contributed by atoms with E-state index in [2.05, 4.69) is 0 Å². The minimum absolute atomic E-state index is 0.0484. The first kappa shape index (κ1) is 17.5. The molecular formula is C19H21NO4S. The highest BCUT2D eigenvalue weighted by atomic mass is 32.2. The minimum atomic E-state index is -3.03. The van der Waals surface area contributed by atoms with Crippen LogP contribution in [0.15, 0.2) is 54.6 Å². The standard InChI is InChI=1S/C19H21NO4S/c1-2-20(16-11-12-25(22,23)14-16)19(21)15-7-6-10-18(13-15)24-17-8-4-3-5-9-17/h3-10,13,16H,2,11-12,14H2,1H3/t16-/m1/s1. The van der Waals surface area contributed by atoms with Gasteiger partial charge in [0.25, 0.3) is 5.91 Å². The molecule has 0 saturated carbocycles. The van der Waals surface area contributed by atoms with Crippen molar-refractivity contribution in [3.8, 4) is 11.5 Å². The Bertz CT molecular complexity index is 849. The Morgan fingerprint density at radius 1 is 1.12 bits per heavy atom. The summed E-state index contributed by atoms with van der Waals surface area (Å²) < 4.78 is 29.2. The first-order chi connectivity index (χ1) is 12.0. The summed E-state index contributed by atoms with van der Waals surface area (Å²) in [5, 5.41) is 0. The topological polar surface area (TPSA) is 63.7 Å². The van der Waals surface area contributed by atoms with E-state index < -0.39 is 9.84 Å². The molecule has 0 radical (unpaired) electrons. The van der Waals surface area contributed by atoms with Gasteiger partial charge in [0.2, 0.25) is 0 Å². The number of nitrogens with zero attached hydrogens (tertiary/aromatic N) is 1. The number of rotatable bonds is 5. The van der Waals surface area contributed by atoms with Crippen molar-refractivity contribution >= 4 is 15.7 Å². The molecule has 1 aliphatic heterocycles. The maximum atomic E-state index is 12.9. The molecule has 3 rings (SSSR count). The van der Waals surface area contributed by atoms with E-state index in [9.17, 15) is 13.2 Å². The summed E-state index contributed by atoms with van der Waals surface area (Å²) in [5.74, 6) is 1.31. The van der Waals surface area contributed by atoms with Gasteiger partial charge >= 0.3 is 0 Å². The van der Waals surface area contributed by atoms with E-state index in [1.54, 1.807) is 29.2 Å². The zero-order chi connectivity index (χ0) is 17.9. The van der Waals surface area contributed by atoms with Crippen LogP contribution in [-0.4, -0.2) is 43.3 Å². The second-order valence-electron chi connectivity index (χ2n) is 6.09. The second kappa shape index (κ2) is 7.27. The number of sulfone groups is 1. The number of ether oxygens (including phenoxy) is 1. The van der Waals surface area contributed by atoms with E-state index in [1.807, 2.05) is 37.3 Å². The zero-order valence-corrected chi connectivity index (χ0v) is 14.9. The monoisotopic (exact) mass is 359 g/mol. The van der Waals surface area contributed by atoms with Crippen LogP contribution in [0.2, 0.25) is 0 Å². The lowest BCUT2D eigenvalue weighted by atomic mass is 10.1. The molecule has 5 nitrogen and oxygen atoms in total. The van der Waals surface area contributed by atoms with Crippen molar-refractivity contribution in [2.45, 2.75) is 19.4 Å². The van der Waals surface area contributed by atoms with Crippen LogP contribution in [0.5, 0.6) is 11.5 Å². The number of amides is 1. The van der Waals surface area contributed by atoms with Crippen LogP contribution in [0, 0.1) is 0 Å². The first-order valence-electron chi connectivity index (χ1n) is 8.33. The fourth-order valence-electron chi connectivity index (χ4n) is 3.07. The van der Waals surface area contributed by atoms with Gasteiger partial charge in [0, 0.05) is 18.2 Å². The van der Waals surface area contributed by atoms with Crippen molar-refractivity contribution in [1.82, 2.24) is 4.90 Å². The van der Waals surface area contributed by atoms with Crippen molar-refractivity contribution in [3.63, 3.8) is 0 Å². The van der Waals surface area contributed by atoms with Gasteiger partial charge in [0.15, 0.2) is 9.84 Å². The van der Waals surface area contributed by atoms with Crippen molar-refractivity contribution in [2.75, 3.05) is 18.1 Å². The molecule has 0 N–H and O–H groups in total. The summed E-state index contributed by atoms with van der Waals surface area (Å²) in [4.78, 5) is 14.5. The molecule has 0 aliphatic carbocycles. The molecule has 0 aromatic heterocycles. The van der Waals surface area contributed by atoms with Crippen molar-refractivity contribution in [2.24, 2.45) is 0 Å². The lowest BCUT2D eigenvalue weighted by Crippen LogP contribution is -2.40. The molecule has 1 saturated heterocycles. The quantitative estimate of drug-likeness (QED) is 0.823. The molecule has 1 amide bonds. The molecule has 25 heavy (non-hydrogen) atoms. The highest BCUT2D eigenvalue weighted by molar-refractivity contribution is 7.91. The highest BCUT2D eigenvalue weighted by Crippen LogP contribution is 2.24. The molecule has 0 unspecified atom stereocenters. The number of carbonyl (C=O) groups is 1. The SMILES string of the molecule is CCN(C(=O)c1cccc(Oc2ccccc2)c1)[C@@H]1CCS(=O)(=O)C1. The zero-order valence-electron chi connectivity index (χ0n) is 14.1. The lowest BCUT2D eigenvalue weighted by Gasteiger charge is -2.27. The van der Waals surface area contributed by atoms with Gasteiger partial charge in [-0.05, 0) is 43.7 Å². The minimum Gasteiger partial charge on any atom is -0.457 e. The summed E-state index contributed by atoms with van der Waals surface area (Å²) in [7, 11) is -3.03. The van der Waals surface area contributed by atoms with Gasteiger partial charge in [-0.25, -0.2) is 8.42 Å². The van der Waals surface area contributed by atoms with Gasteiger partial charge in [-0.3, -0.25) is 4.79 Å².